The molecule has 0 aliphatic rings. The summed E-state index contributed by atoms with van der Waals surface area (Å²) in [4.78, 5) is 21.1. The molecule has 0 aromatic heterocycles. The topological polar surface area (TPSA) is 115 Å². The largest absolute Gasteiger partial charge is 0.480 e. The molecule has 1 unspecified atom stereocenters. The van der Waals surface area contributed by atoms with Crippen LogP contribution in [0.4, 0.5) is 0 Å². The first-order chi connectivity index (χ1) is 7.78. The molecule has 0 bridgehead atoms. The Morgan fingerprint density at radius 3 is 2.35 bits per heavy atom. The van der Waals surface area contributed by atoms with Crippen LogP contribution in [0.3, 0.4) is 0 Å². The fourth-order valence-electron chi connectivity index (χ4n) is 1.04. The van der Waals surface area contributed by atoms with Crippen molar-refractivity contribution in [2.24, 2.45) is 5.73 Å². The molecule has 0 radical (unpaired) electrons. The van der Waals surface area contributed by atoms with Gasteiger partial charge in [-0.2, -0.15) is 0 Å². The summed E-state index contributed by atoms with van der Waals surface area (Å²) < 4.78 is 22.8. The number of hydrogen-bond donors (Lipinski definition) is 2. The Hall–Kier alpha value is -0.760. The van der Waals surface area contributed by atoms with Gasteiger partial charge in [-0.1, -0.05) is 6.92 Å². The number of nitrogens with two attached hydrogens (primary N) is 1. The van der Waals surface area contributed by atoms with Crippen molar-refractivity contribution in [3.8, 4) is 0 Å². The summed E-state index contributed by atoms with van der Waals surface area (Å²) >= 11 is 1.10. The lowest BCUT2D eigenvalue weighted by molar-refractivity contribution is -0.136. The van der Waals surface area contributed by atoms with Crippen molar-refractivity contribution in [2.75, 3.05) is 17.3 Å². The zero-order valence-corrected chi connectivity index (χ0v) is 11.2. The predicted octanol–water partition coefficient (Wildman–Crippen LogP) is -0.127. The highest BCUT2D eigenvalue weighted by atomic mass is 32.2. The molecule has 0 heterocycles. The Bertz CT molecular complexity index is 366. The molecule has 0 spiro atoms. The number of amides is 1. The number of carbonyl (C=O) groups is 2. The molecule has 17 heavy (non-hydrogen) atoms. The summed E-state index contributed by atoms with van der Waals surface area (Å²) in [6.45, 7) is 1.73. The van der Waals surface area contributed by atoms with Crippen molar-refractivity contribution >= 4 is 33.5 Å². The molecule has 0 saturated heterocycles. The molecule has 1 atom stereocenters. The van der Waals surface area contributed by atoms with E-state index in [9.17, 15) is 18.0 Å². The fraction of sp³-hybridized carbons (Fsp3) is 0.778. The van der Waals surface area contributed by atoms with Gasteiger partial charge in [0.1, 0.15) is 5.25 Å². The average molecular weight is 283 g/mol. The molecule has 8 heteroatoms. The average Bonchev–Trinajstić information content (AvgIpc) is 2.21. The van der Waals surface area contributed by atoms with E-state index in [1.165, 1.54) is 0 Å². The number of aliphatic carboxylic acids is 1. The predicted molar refractivity (Wildman–Crippen MR) is 66.6 cm³/mol. The van der Waals surface area contributed by atoms with Crippen molar-refractivity contribution in [1.29, 1.82) is 0 Å². The smallest absolute Gasteiger partial charge is 0.316 e. The maximum absolute atomic E-state index is 11.4. The van der Waals surface area contributed by atoms with Crippen LogP contribution in [0, 0.1) is 0 Å². The number of carbonyl (C=O) groups excluding carboxylic acids is 1. The van der Waals surface area contributed by atoms with Crippen LogP contribution in [0.25, 0.3) is 0 Å². The number of hydrogen-bond acceptors (Lipinski definition) is 5. The van der Waals surface area contributed by atoms with Gasteiger partial charge >= 0.3 is 5.97 Å². The second kappa shape index (κ2) is 7.54. The minimum absolute atomic E-state index is 0.130. The van der Waals surface area contributed by atoms with E-state index >= 15 is 0 Å². The summed E-state index contributed by atoms with van der Waals surface area (Å²) in [5.41, 5.74) is 4.85. The van der Waals surface area contributed by atoms with Crippen LogP contribution < -0.4 is 5.73 Å². The fourth-order valence-corrected chi connectivity index (χ4v) is 3.82. The van der Waals surface area contributed by atoms with E-state index in [4.69, 9.17) is 10.8 Å². The van der Waals surface area contributed by atoms with Gasteiger partial charge in [-0.15, -0.1) is 11.8 Å². The number of primary amides is 1. The standard InChI is InChI=1S/C9H17NO5S2/c1-2-7(9(12)13)16-4-6-17(14,15)5-3-8(10)11/h7H,2-6H2,1H3,(H2,10,11)(H,12,13). The molecule has 1 amide bonds. The van der Waals surface area contributed by atoms with Crippen molar-refractivity contribution in [1.82, 2.24) is 0 Å². The normalized spacial score (nSPS) is 13.2. The Labute approximate surface area is 105 Å². The summed E-state index contributed by atoms with van der Waals surface area (Å²) in [5.74, 6) is -1.78. The summed E-state index contributed by atoms with van der Waals surface area (Å²) in [6.07, 6.45) is 0.254. The second-order valence-electron chi connectivity index (χ2n) is 3.47. The van der Waals surface area contributed by atoms with Crippen LogP contribution in [0.1, 0.15) is 19.8 Å². The van der Waals surface area contributed by atoms with Crippen LogP contribution in [-0.2, 0) is 19.4 Å². The van der Waals surface area contributed by atoms with Gasteiger partial charge in [0.05, 0.1) is 11.5 Å². The van der Waals surface area contributed by atoms with Gasteiger partial charge in [-0.05, 0) is 6.42 Å². The van der Waals surface area contributed by atoms with Gasteiger partial charge in [0.15, 0.2) is 9.84 Å². The van der Waals surface area contributed by atoms with Crippen LogP contribution in [-0.4, -0.2) is 47.9 Å². The van der Waals surface area contributed by atoms with Gasteiger partial charge in [-0.25, -0.2) is 8.42 Å². The van der Waals surface area contributed by atoms with Crippen molar-refractivity contribution in [3.05, 3.63) is 0 Å². The van der Waals surface area contributed by atoms with E-state index in [0.29, 0.717) is 6.42 Å². The van der Waals surface area contributed by atoms with E-state index in [0.717, 1.165) is 11.8 Å². The van der Waals surface area contributed by atoms with Crippen LogP contribution in [0.2, 0.25) is 0 Å². The van der Waals surface area contributed by atoms with Gasteiger partial charge in [-0.3, -0.25) is 9.59 Å². The first-order valence-electron chi connectivity index (χ1n) is 5.11. The molecule has 100 valence electrons. The van der Waals surface area contributed by atoms with Crippen molar-refractivity contribution in [3.63, 3.8) is 0 Å². The van der Waals surface area contributed by atoms with E-state index < -0.39 is 27.0 Å². The maximum atomic E-state index is 11.4. The minimum Gasteiger partial charge on any atom is -0.480 e. The lowest BCUT2D eigenvalue weighted by atomic mass is 10.3. The van der Waals surface area contributed by atoms with E-state index in [-0.39, 0.29) is 23.7 Å². The molecular weight excluding hydrogens is 266 g/mol. The van der Waals surface area contributed by atoms with Gasteiger partial charge in [0.25, 0.3) is 0 Å². The summed E-state index contributed by atoms with van der Waals surface area (Å²) in [7, 11) is -3.32. The molecule has 3 N–H and O–H groups in total. The van der Waals surface area contributed by atoms with E-state index in [1.807, 2.05) is 0 Å². The zero-order chi connectivity index (χ0) is 13.5. The number of carboxylic acids is 1. The van der Waals surface area contributed by atoms with Crippen molar-refractivity contribution < 1.29 is 23.1 Å². The molecule has 0 aliphatic carbocycles. The SMILES string of the molecule is CCC(SCCS(=O)(=O)CCC(N)=O)C(=O)O. The van der Waals surface area contributed by atoms with Crippen molar-refractivity contribution in [2.45, 2.75) is 25.0 Å². The monoisotopic (exact) mass is 283 g/mol. The highest BCUT2D eigenvalue weighted by Crippen LogP contribution is 2.15. The lowest BCUT2D eigenvalue weighted by Crippen LogP contribution is -2.21. The highest BCUT2D eigenvalue weighted by Gasteiger charge is 2.18. The van der Waals surface area contributed by atoms with Gasteiger partial charge < -0.3 is 10.8 Å². The number of rotatable bonds is 9. The van der Waals surface area contributed by atoms with E-state index in [1.54, 1.807) is 6.92 Å². The Morgan fingerprint density at radius 1 is 1.35 bits per heavy atom. The van der Waals surface area contributed by atoms with Gasteiger partial charge in [0.2, 0.25) is 5.91 Å². The van der Waals surface area contributed by atoms with Crippen LogP contribution in [0.5, 0.6) is 0 Å². The zero-order valence-electron chi connectivity index (χ0n) is 9.59. The lowest BCUT2D eigenvalue weighted by Gasteiger charge is -2.09. The first kappa shape index (κ1) is 16.2. The quantitative estimate of drug-likeness (QED) is 0.609. The maximum Gasteiger partial charge on any atom is 0.316 e. The molecule has 0 rings (SSSR count). The molecular formula is C9H17NO5S2. The van der Waals surface area contributed by atoms with Crippen LogP contribution >= 0.6 is 11.8 Å². The molecule has 0 fully saturated rings. The number of thioether (sulfide) groups is 1. The third-order valence-corrected chi connectivity index (χ3v) is 5.31. The molecule has 0 aromatic carbocycles. The Kier molecular flexibility index (Phi) is 7.21. The third-order valence-electron chi connectivity index (χ3n) is 2.02. The Balaban J connectivity index is 4.02. The molecule has 0 saturated carbocycles. The number of carboxylic acid groups (broad SMARTS) is 1. The Morgan fingerprint density at radius 2 is 1.94 bits per heavy atom. The summed E-state index contributed by atoms with van der Waals surface area (Å²) in [6, 6.07) is 0. The van der Waals surface area contributed by atoms with Gasteiger partial charge in [0, 0.05) is 12.2 Å². The first-order valence-corrected chi connectivity index (χ1v) is 7.98. The highest BCUT2D eigenvalue weighted by molar-refractivity contribution is 8.01. The summed E-state index contributed by atoms with van der Waals surface area (Å²) in [5, 5.41) is 8.17. The van der Waals surface area contributed by atoms with Crippen LogP contribution in [0.15, 0.2) is 0 Å². The molecule has 0 aromatic rings. The number of sulfone groups is 1. The molecule has 6 nitrogen and oxygen atoms in total. The molecule has 0 aliphatic heterocycles. The third kappa shape index (κ3) is 8.03. The van der Waals surface area contributed by atoms with E-state index in [2.05, 4.69) is 0 Å². The second-order valence-corrected chi connectivity index (χ2v) is 7.09. The minimum atomic E-state index is -3.32.